The number of hydrogen-bond acceptors (Lipinski definition) is 2. The first-order valence-corrected chi connectivity index (χ1v) is 5.84. The summed E-state index contributed by atoms with van der Waals surface area (Å²) >= 11 is 0. The van der Waals surface area contributed by atoms with Gasteiger partial charge >= 0.3 is 0 Å². The molecule has 1 unspecified atom stereocenters. The summed E-state index contributed by atoms with van der Waals surface area (Å²) in [6.45, 7) is 5.50. The number of carbonyl (C=O) groups excluding carboxylic acids is 1. The Balaban J connectivity index is 2.46. The minimum atomic E-state index is 0.287. The Labute approximate surface area is 92.5 Å². The van der Waals surface area contributed by atoms with Crippen LogP contribution in [0.2, 0.25) is 0 Å². The number of rotatable bonds is 5. The van der Waals surface area contributed by atoms with E-state index in [1.807, 2.05) is 18.0 Å². The average Bonchev–Trinajstić information content (AvgIpc) is 2.27. The van der Waals surface area contributed by atoms with Gasteiger partial charge in [0.1, 0.15) is 0 Å². The molecule has 15 heavy (non-hydrogen) atoms. The second-order valence-electron chi connectivity index (χ2n) is 4.12. The van der Waals surface area contributed by atoms with Crippen molar-refractivity contribution in [2.75, 3.05) is 20.1 Å². The summed E-state index contributed by atoms with van der Waals surface area (Å²) in [4.78, 5) is 13.9. The van der Waals surface area contributed by atoms with Gasteiger partial charge in [-0.05, 0) is 32.7 Å². The van der Waals surface area contributed by atoms with Gasteiger partial charge in [0.15, 0.2) is 0 Å². The lowest BCUT2D eigenvalue weighted by Gasteiger charge is -2.35. The van der Waals surface area contributed by atoms with Crippen LogP contribution >= 0.6 is 0 Å². The lowest BCUT2D eigenvalue weighted by Crippen LogP contribution is -2.47. The van der Waals surface area contributed by atoms with Gasteiger partial charge in [0.2, 0.25) is 5.91 Å². The van der Waals surface area contributed by atoms with E-state index in [4.69, 9.17) is 0 Å². The maximum Gasteiger partial charge on any atom is 0.223 e. The summed E-state index contributed by atoms with van der Waals surface area (Å²) in [5.74, 6) is 0.287. The largest absolute Gasteiger partial charge is 0.338 e. The fraction of sp³-hybridized carbons (Fsp3) is 0.750. The van der Waals surface area contributed by atoms with Gasteiger partial charge in [0, 0.05) is 25.6 Å². The number of amides is 1. The second kappa shape index (κ2) is 6.62. The fourth-order valence-electron chi connectivity index (χ4n) is 2.15. The first kappa shape index (κ1) is 12.2. The van der Waals surface area contributed by atoms with Gasteiger partial charge in [-0.1, -0.05) is 6.08 Å². The van der Waals surface area contributed by atoms with E-state index in [0.717, 1.165) is 32.4 Å². The highest BCUT2D eigenvalue weighted by molar-refractivity contribution is 5.76. The van der Waals surface area contributed by atoms with Crippen molar-refractivity contribution in [3.8, 4) is 0 Å². The summed E-state index contributed by atoms with van der Waals surface area (Å²) in [5, 5.41) is 3.16. The topological polar surface area (TPSA) is 32.3 Å². The van der Waals surface area contributed by atoms with Gasteiger partial charge in [0.25, 0.3) is 0 Å². The lowest BCUT2D eigenvalue weighted by atomic mass is 10.0. The monoisotopic (exact) mass is 210 g/mol. The summed E-state index contributed by atoms with van der Waals surface area (Å²) in [7, 11) is 1.95. The van der Waals surface area contributed by atoms with E-state index in [2.05, 4.69) is 11.9 Å². The number of allylic oxidation sites excluding steroid dienone is 1. The number of piperidine rings is 1. The predicted molar refractivity (Wildman–Crippen MR) is 62.7 cm³/mol. The molecule has 1 rings (SSSR count). The normalized spacial score (nSPS) is 21.4. The number of hydrogen-bond donors (Lipinski definition) is 1. The summed E-state index contributed by atoms with van der Waals surface area (Å²) in [6, 6.07) is 0.404. The van der Waals surface area contributed by atoms with E-state index in [0.29, 0.717) is 12.5 Å². The molecule has 1 amide bonds. The summed E-state index contributed by atoms with van der Waals surface area (Å²) in [6.07, 6.45) is 6.76. The zero-order valence-electron chi connectivity index (χ0n) is 9.67. The highest BCUT2D eigenvalue weighted by Crippen LogP contribution is 2.17. The second-order valence-corrected chi connectivity index (χ2v) is 4.12. The summed E-state index contributed by atoms with van der Waals surface area (Å²) < 4.78 is 0. The number of nitrogens with one attached hydrogen (secondary N) is 1. The third-order valence-electron chi connectivity index (χ3n) is 2.95. The van der Waals surface area contributed by atoms with Gasteiger partial charge in [-0.15, -0.1) is 6.58 Å². The molecule has 0 saturated carbocycles. The Bertz CT molecular complexity index is 214. The van der Waals surface area contributed by atoms with Crippen LogP contribution in [0, 0.1) is 0 Å². The maximum absolute atomic E-state index is 11.9. The minimum absolute atomic E-state index is 0.287. The van der Waals surface area contributed by atoms with Gasteiger partial charge in [-0.2, -0.15) is 0 Å². The molecule has 1 heterocycles. The van der Waals surface area contributed by atoms with Crippen LogP contribution in [0.1, 0.15) is 32.1 Å². The van der Waals surface area contributed by atoms with E-state index in [1.165, 1.54) is 6.42 Å². The van der Waals surface area contributed by atoms with E-state index < -0.39 is 0 Å². The average molecular weight is 210 g/mol. The number of likely N-dealkylation sites (N-methyl/N-ethyl adjacent to an activating group) is 1. The van der Waals surface area contributed by atoms with Crippen LogP contribution in [0.4, 0.5) is 0 Å². The molecule has 0 bridgehead atoms. The van der Waals surface area contributed by atoms with Crippen molar-refractivity contribution >= 4 is 5.91 Å². The molecule has 0 aliphatic carbocycles. The van der Waals surface area contributed by atoms with Crippen LogP contribution in [0.25, 0.3) is 0 Å². The standard InChI is InChI=1S/C12H22N2O/c1-3-4-8-12(15)14-9-6-5-7-11(14)10-13-2/h3,11,13H,1,4-10H2,2H3. The van der Waals surface area contributed by atoms with Crippen molar-refractivity contribution in [2.45, 2.75) is 38.1 Å². The van der Waals surface area contributed by atoms with Crippen LogP contribution in [0.3, 0.4) is 0 Å². The molecular formula is C12H22N2O. The van der Waals surface area contributed by atoms with Gasteiger partial charge in [-0.25, -0.2) is 0 Å². The van der Waals surface area contributed by atoms with Crippen LogP contribution < -0.4 is 5.32 Å². The molecule has 0 aromatic carbocycles. The molecule has 0 aromatic rings. The highest BCUT2D eigenvalue weighted by Gasteiger charge is 2.25. The van der Waals surface area contributed by atoms with Crippen LogP contribution in [0.5, 0.6) is 0 Å². The first-order valence-electron chi connectivity index (χ1n) is 5.84. The molecule has 1 fully saturated rings. The smallest absolute Gasteiger partial charge is 0.223 e. The number of nitrogens with zero attached hydrogens (tertiary/aromatic N) is 1. The molecular weight excluding hydrogens is 188 g/mol. The zero-order valence-corrected chi connectivity index (χ0v) is 9.67. The Kier molecular flexibility index (Phi) is 5.40. The molecule has 1 atom stereocenters. The van der Waals surface area contributed by atoms with E-state index in [9.17, 15) is 4.79 Å². The highest BCUT2D eigenvalue weighted by atomic mass is 16.2. The van der Waals surface area contributed by atoms with Crippen molar-refractivity contribution in [1.82, 2.24) is 10.2 Å². The Hall–Kier alpha value is -0.830. The quantitative estimate of drug-likeness (QED) is 0.698. The van der Waals surface area contributed by atoms with Crippen LogP contribution in [0.15, 0.2) is 12.7 Å². The van der Waals surface area contributed by atoms with E-state index in [1.54, 1.807) is 0 Å². The molecule has 1 aliphatic heterocycles. The molecule has 1 N–H and O–H groups in total. The number of likely N-dealkylation sites (tertiary alicyclic amines) is 1. The fourth-order valence-corrected chi connectivity index (χ4v) is 2.15. The third-order valence-corrected chi connectivity index (χ3v) is 2.95. The molecule has 3 nitrogen and oxygen atoms in total. The molecule has 1 aliphatic rings. The van der Waals surface area contributed by atoms with Gasteiger partial charge in [0.05, 0.1) is 0 Å². The Morgan fingerprint density at radius 3 is 3.07 bits per heavy atom. The zero-order chi connectivity index (χ0) is 11.1. The van der Waals surface area contributed by atoms with Crippen molar-refractivity contribution in [1.29, 1.82) is 0 Å². The van der Waals surface area contributed by atoms with E-state index >= 15 is 0 Å². The van der Waals surface area contributed by atoms with Crippen molar-refractivity contribution in [3.63, 3.8) is 0 Å². The maximum atomic E-state index is 11.9. The van der Waals surface area contributed by atoms with Crippen molar-refractivity contribution in [3.05, 3.63) is 12.7 Å². The Morgan fingerprint density at radius 2 is 2.40 bits per heavy atom. The molecule has 0 spiro atoms. The third kappa shape index (κ3) is 3.67. The summed E-state index contributed by atoms with van der Waals surface area (Å²) in [5.41, 5.74) is 0. The van der Waals surface area contributed by atoms with Gasteiger partial charge < -0.3 is 10.2 Å². The van der Waals surface area contributed by atoms with Gasteiger partial charge in [-0.3, -0.25) is 4.79 Å². The molecule has 0 radical (unpaired) electrons. The molecule has 1 saturated heterocycles. The molecule has 0 aromatic heterocycles. The minimum Gasteiger partial charge on any atom is -0.338 e. The Morgan fingerprint density at radius 1 is 1.60 bits per heavy atom. The van der Waals surface area contributed by atoms with Crippen molar-refractivity contribution in [2.24, 2.45) is 0 Å². The molecule has 86 valence electrons. The van der Waals surface area contributed by atoms with Crippen LogP contribution in [-0.4, -0.2) is 37.0 Å². The lowest BCUT2D eigenvalue weighted by molar-refractivity contribution is -0.134. The number of carbonyl (C=O) groups is 1. The predicted octanol–water partition coefficient (Wildman–Crippen LogP) is 1.55. The van der Waals surface area contributed by atoms with Crippen molar-refractivity contribution < 1.29 is 4.79 Å². The SMILES string of the molecule is C=CCCC(=O)N1CCCCC1CNC. The molecule has 3 heteroatoms. The first-order chi connectivity index (χ1) is 7.29. The van der Waals surface area contributed by atoms with E-state index in [-0.39, 0.29) is 5.91 Å². The van der Waals surface area contributed by atoms with Crippen LogP contribution in [-0.2, 0) is 4.79 Å².